The molecule has 0 radical (unpaired) electrons. The fourth-order valence-electron chi connectivity index (χ4n) is 4.02. The van der Waals surface area contributed by atoms with Crippen molar-refractivity contribution < 1.29 is 24.5 Å². The van der Waals surface area contributed by atoms with Crippen molar-refractivity contribution in [3.8, 4) is 11.5 Å². The number of benzene rings is 2. The summed E-state index contributed by atoms with van der Waals surface area (Å²) in [7, 11) is 0. The van der Waals surface area contributed by atoms with Crippen LogP contribution in [0.5, 0.6) is 11.5 Å². The van der Waals surface area contributed by atoms with E-state index in [0.29, 0.717) is 43.4 Å². The summed E-state index contributed by atoms with van der Waals surface area (Å²) in [5.74, 6) is 1.03. The third-order valence-corrected chi connectivity index (χ3v) is 5.67. The first kappa shape index (κ1) is 20.7. The van der Waals surface area contributed by atoms with E-state index in [2.05, 4.69) is 5.32 Å². The number of amides is 1. The van der Waals surface area contributed by atoms with Gasteiger partial charge < -0.3 is 24.6 Å². The van der Waals surface area contributed by atoms with Crippen LogP contribution in [0.15, 0.2) is 48.5 Å². The van der Waals surface area contributed by atoms with Crippen LogP contribution in [0.2, 0.25) is 0 Å². The number of nitrogens with zero attached hydrogens (tertiary/aromatic N) is 1. The Labute approximate surface area is 176 Å². The zero-order chi connectivity index (χ0) is 20.9. The molecule has 2 aromatic carbocycles. The molecule has 30 heavy (non-hydrogen) atoms. The third-order valence-electron chi connectivity index (χ3n) is 5.67. The minimum atomic E-state index is -1.10. The van der Waals surface area contributed by atoms with Crippen molar-refractivity contribution in [3.05, 3.63) is 59.7 Å². The second kappa shape index (κ2) is 9.47. The van der Waals surface area contributed by atoms with Crippen LogP contribution >= 0.6 is 0 Å². The van der Waals surface area contributed by atoms with E-state index in [4.69, 9.17) is 9.47 Å². The topological polar surface area (TPSA) is 91.3 Å². The molecule has 7 nitrogen and oxygen atoms in total. The summed E-state index contributed by atoms with van der Waals surface area (Å²) in [4.78, 5) is 15.1. The van der Waals surface area contributed by atoms with Crippen molar-refractivity contribution >= 4 is 5.91 Å². The van der Waals surface area contributed by atoms with E-state index in [0.717, 1.165) is 18.4 Å². The van der Waals surface area contributed by atoms with Crippen LogP contribution in [-0.4, -0.2) is 60.0 Å². The van der Waals surface area contributed by atoms with Gasteiger partial charge in [-0.1, -0.05) is 36.4 Å². The van der Waals surface area contributed by atoms with Crippen molar-refractivity contribution in [2.24, 2.45) is 0 Å². The second-order valence-electron chi connectivity index (χ2n) is 7.67. The normalized spacial score (nSPS) is 18.7. The van der Waals surface area contributed by atoms with Gasteiger partial charge in [0.25, 0.3) is 0 Å². The molecule has 2 aliphatic rings. The number of aliphatic hydroxyl groups excluding tert-OH is 2. The second-order valence-corrected chi connectivity index (χ2v) is 7.67. The van der Waals surface area contributed by atoms with Gasteiger partial charge in [-0.3, -0.25) is 10.1 Å². The molecular formula is C23H28N2O5. The highest BCUT2D eigenvalue weighted by Gasteiger charge is 2.35. The van der Waals surface area contributed by atoms with Gasteiger partial charge in [0.1, 0.15) is 25.4 Å². The van der Waals surface area contributed by atoms with Gasteiger partial charge >= 0.3 is 0 Å². The highest BCUT2D eigenvalue weighted by atomic mass is 16.6. The Kier molecular flexibility index (Phi) is 6.52. The Bertz CT molecular complexity index is 854. The Balaban J connectivity index is 1.61. The molecule has 2 aromatic rings. The lowest BCUT2D eigenvalue weighted by atomic mass is 9.98. The van der Waals surface area contributed by atoms with E-state index in [-0.39, 0.29) is 12.5 Å². The van der Waals surface area contributed by atoms with Gasteiger partial charge in [-0.05, 0) is 36.1 Å². The molecule has 0 bridgehead atoms. The van der Waals surface area contributed by atoms with Crippen molar-refractivity contribution in [1.82, 2.24) is 10.2 Å². The van der Waals surface area contributed by atoms with Crippen LogP contribution in [0.4, 0.5) is 0 Å². The Morgan fingerprint density at radius 1 is 1.00 bits per heavy atom. The van der Waals surface area contributed by atoms with Crippen LogP contribution in [0, 0.1) is 0 Å². The molecule has 4 rings (SSSR count). The summed E-state index contributed by atoms with van der Waals surface area (Å²) in [6, 6.07) is 13.3. The third kappa shape index (κ3) is 4.43. The van der Waals surface area contributed by atoms with Gasteiger partial charge in [-0.15, -0.1) is 0 Å². The van der Waals surface area contributed by atoms with Crippen LogP contribution < -0.4 is 14.8 Å². The first-order chi connectivity index (χ1) is 14.7. The molecule has 2 heterocycles. The minimum Gasteiger partial charge on any atom is -0.486 e. The highest BCUT2D eigenvalue weighted by molar-refractivity contribution is 5.83. The van der Waals surface area contributed by atoms with Gasteiger partial charge in [-0.25, -0.2) is 0 Å². The zero-order valence-corrected chi connectivity index (χ0v) is 16.9. The molecule has 1 fully saturated rings. The van der Waals surface area contributed by atoms with Gasteiger partial charge in [0.15, 0.2) is 11.5 Å². The van der Waals surface area contributed by atoms with E-state index in [9.17, 15) is 15.0 Å². The van der Waals surface area contributed by atoms with Gasteiger partial charge in [0, 0.05) is 13.1 Å². The van der Waals surface area contributed by atoms with E-state index in [1.54, 1.807) is 23.1 Å². The lowest BCUT2D eigenvalue weighted by Crippen LogP contribution is -2.50. The van der Waals surface area contributed by atoms with Crippen molar-refractivity contribution in [3.63, 3.8) is 0 Å². The quantitative estimate of drug-likeness (QED) is 0.643. The number of fused-ring (bicyclic) bond motifs is 1. The van der Waals surface area contributed by atoms with Gasteiger partial charge in [0.2, 0.25) is 5.91 Å². The average molecular weight is 412 g/mol. The number of rotatable bonds is 7. The number of nitrogens with one attached hydrogen (secondary N) is 1. The number of hydrogen-bond donors (Lipinski definition) is 3. The Morgan fingerprint density at radius 2 is 1.70 bits per heavy atom. The summed E-state index contributed by atoms with van der Waals surface area (Å²) in [6.45, 7) is 2.10. The highest BCUT2D eigenvalue weighted by Crippen LogP contribution is 2.34. The average Bonchev–Trinajstić information content (AvgIpc) is 3.34. The van der Waals surface area contributed by atoms with Gasteiger partial charge in [0.05, 0.1) is 12.6 Å². The maximum Gasteiger partial charge on any atom is 0.242 e. The summed E-state index contributed by atoms with van der Waals surface area (Å²) < 4.78 is 11.2. The number of aliphatic hydroxyl groups is 2. The summed E-state index contributed by atoms with van der Waals surface area (Å²) in [5.41, 5.74) is 1.42. The van der Waals surface area contributed by atoms with Crippen LogP contribution in [0.1, 0.15) is 36.1 Å². The zero-order valence-electron chi connectivity index (χ0n) is 16.9. The molecule has 160 valence electrons. The molecule has 7 heteroatoms. The molecular weight excluding hydrogens is 384 g/mol. The van der Waals surface area contributed by atoms with Crippen molar-refractivity contribution in [1.29, 1.82) is 0 Å². The van der Waals surface area contributed by atoms with E-state index in [1.807, 2.05) is 30.3 Å². The molecule has 3 atom stereocenters. The molecule has 0 aliphatic carbocycles. The molecule has 1 amide bonds. The maximum atomic E-state index is 13.3. The first-order valence-electron chi connectivity index (χ1n) is 10.5. The molecule has 2 aliphatic heterocycles. The monoisotopic (exact) mass is 412 g/mol. The predicted octanol–water partition coefficient (Wildman–Crippen LogP) is 1.81. The Hall–Kier alpha value is -2.61. The van der Waals surface area contributed by atoms with E-state index in [1.165, 1.54) is 0 Å². The number of hydrogen-bond acceptors (Lipinski definition) is 6. The fourth-order valence-corrected chi connectivity index (χ4v) is 4.02. The van der Waals surface area contributed by atoms with Crippen molar-refractivity contribution in [2.75, 3.05) is 32.9 Å². The maximum absolute atomic E-state index is 13.3. The fraction of sp³-hybridized carbons (Fsp3) is 0.435. The number of likely N-dealkylation sites (tertiary alicyclic amines) is 1. The lowest BCUT2D eigenvalue weighted by molar-refractivity contribution is -0.135. The SMILES string of the molecule is O=C([C@@H](NC(CO)c1ccccc1)[C@H](O)c1ccc2c(c1)OCCO2)N1CCCC1. The molecule has 0 spiro atoms. The number of ether oxygens (including phenoxy) is 2. The van der Waals surface area contributed by atoms with Crippen molar-refractivity contribution in [2.45, 2.75) is 31.0 Å². The molecule has 1 unspecified atom stereocenters. The number of carbonyl (C=O) groups is 1. The van der Waals surface area contributed by atoms with E-state index >= 15 is 0 Å². The molecule has 0 aromatic heterocycles. The molecule has 0 saturated carbocycles. The van der Waals surface area contributed by atoms with Gasteiger partial charge in [-0.2, -0.15) is 0 Å². The van der Waals surface area contributed by atoms with Crippen LogP contribution in [0.25, 0.3) is 0 Å². The van der Waals surface area contributed by atoms with Crippen LogP contribution in [-0.2, 0) is 4.79 Å². The minimum absolute atomic E-state index is 0.163. The number of carbonyl (C=O) groups excluding carboxylic acids is 1. The van der Waals surface area contributed by atoms with E-state index < -0.39 is 18.2 Å². The summed E-state index contributed by atoms with van der Waals surface area (Å²) in [5, 5.41) is 24.4. The predicted molar refractivity (Wildman–Crippen MR) is 111 cm³/mol. The summed E-state index contributed by atoms with van der Waals surface area (Å²) >= 11 is 0. The molecule has 1 saturated heterocycles. The van der Waals surface area contributed by atoms with Crippen LogP contribution in [0.3, 0.4) is 0 Å². The Morgan fingerprint density at radius 3 is 2.40 bits per heavy atom. The first-order valence-corrected chi connectivity index (χ1v) is 10.5. The standard InChI is InChI=1S/C23H28N2O5/c26-15-18(16-6-2-1-3-7-16)24-21(23(28)25-10-4-5-11-25)22(27)17-8-9-19-20(14-17)30-13-12-29-19/h1-3,6-9,14,18,21-22,24,26-27H,4-5,10-13,15H2/t18?,21-,22+/m0/s1. The lowest BCUT2D eigenvalue weighted by Gasteiger charge is -2.31. The summed E-state index contributed by atoms with van der Waals surface area (Å²) in [6.07, 6.45) is 0.813. The largest absolute Gasteiger partial charge is 0.486 e. The molecule has 3 N–H and O–H groups in total. The smallest absolute Gasteiger partial charge is 0.242 e.